The second-order valence-electron chi connectivity index (χ2n) is 6.62. The fourth-order valence-electron chi connectivity index (χ4n) is 3.30. The summed E-state index contributed by atoms with van der Waals surface area (Å²) in [5, 5.41) is 2.84. The number of hydrogen-bond donors (Lipinski definition) is 1. The first-order chi connectivity index (χ1) is 13.2. The van der Waals surface area contributed by atoms with Crippen molar-refractivity contribution in [3.63, 3.8) is 0 Å². The maximum absolute atomic E-state index is 12.0. The fourth-order valence-corrected chi connectivity index (χ4v) is 3.30. The Hall–Kier alpha value is -2.66. The minimum absolute atomic E-state index is 0.196. The van der Waals surface area contributed by atoms with E-state index in [0.717, 1.165) is 12.8 Å². The van der Waals surface area contributed by atoms with E-state index in [9.17, 15) is 9.59 Å². The van der Waals surface area contributed by atoms with Crippen LogP contribution in [-0.2, 0) is 19.1 Å². The van der Waals surface area contributed by atoms with Gasteiger partial charge in [-0.05, 0) is 30.4 Å². The van der Waals surface area contributed by atoms with Crippen molar-refractivity contribution in [3.05, 3.63) is 71.8 Å². The number of esters is 1. The highest BCUT2D eigenvalue weighted by molar-refractivity contribution is 5.82. The average molecular weight is 367 g/mol. The van der Waals surface area contributed by atoms with Crippen molar-refractivity contribution < 1.29 is 19.1 Å². The SMILES string of the molecule is O=C(COC(=O)[C@H]1CCCO1)NCCC(c1ccccc1)c1ccccc1. The molecule has 142 valence electrons. The number of carbonyl (C=O) groups is 2. The third kappa shape index (κ3) is 5.66. The quantitative estimate of drug-likeness (QED) is 0.729. The highest BCUT2D eigenvalue weighted by Gasteiger charge is 2.25. The normalized spacial score (nSPS) is 16.3. The third-order valence-corrected chi connectivity index (χ3v) is 4.70. The van der Waals surface area contributed by atoms with Crippen LogP contribution in [0.15, 0.2) is 60.7 Å². The van der Waals surface area contributed by atoms with Gasteiger partial charge in [0.15, 0.2) is 12.7 Å². The molecular formula is C22H25NO4. The summed E-state index contributed by atoms with van der Waals surface area (Å²) in [6, 6.07) is 20.5. The highest BCUT2D eigenvalue weighted by Crippen LogP contribution is 2.27. The minimum atomic E-state index is -0.515. The molecule has 1 heterocycles. The van der Waals surface area contributed by atoms with Crippen LogP contribution in [0.25, 0.3) is 0 Å². The van der Waals surface area contributed by atoms with E-state index in [1.54, 1.807) is 0 Å². The number of nitrogens with one attached hydrogen (secondary N) is 1. The summed E-state index contributed by atoms with van der Waals surface area (Å²) >= 11 is 0. The minimum Gasteiger partial charge on any atom is -0.454 e. The van der Waals surface area contributed by atoms with Crippen LogP contribution >= 0.6 is 0 Å². The number of carbonyl (C=O) groups excluding carboxylic acids is 2. The molecule has 0 bridgehead atoms. The lowest BCUT2D eigenvalue weighted by Gasteiger charge is -2.18. The molecule has 2 aromatic carbocycles. The molecule has 3 rings (SSSR count). The van der Waals surface area contributed by atoms with E-state index in [0.29, 0.717) is 19.6 Å². The predicted molar refractivity (Wildman–Crippen MR) is 102 cm³/mol. The van der Waals surface area contributed by atoms with Gasteiger partial charge in [-0.25, -0.2) is 4.79 Å². The zero-order valence-electron chi connectivity index (χ0n) is 15.3. The van der Waals surface area contributed by atoms with Crippen molar-refractivity contribution in [2.75, 3.05) is 19.8 Å². The molecule has 0 spiro atoms. The Balaban J connectivity index is 1.49. The lowest BCUT2D eigenvalue weighted by molar-refractivity contribution is -0.157. The Morgan fingerprint density at radius 1 is 1.04 bits per heavy atom. The molecule has 1 saturated heterocycles. The van der Waals surface area contributed by atoms with Gasteiger partial charge in [0, 0.05) is 19.1 Å². The number of benzene rings is 2. The lowest BCUT2D eigenvalue weighted by Crippen LogP contribution is -2.32. The number of hydrogen-bond acceptors (Lipinski definition) is 4. The second kappa shape index (κ2) is 9.88. The molecule has 1 atom stereocenters. The first kappa shape index (κ1) is 19.1. The van der Waals surface area contributed by atoms with Crippen molar-refractivity contribution in [2.45, 2.75) is 31.3 Å². The molecule has 0 saturated carbocycles. The van der Waals surface area contributed by atoms with Gasteiger partial charge in [-0.2, -0.15) is 0 Å². The van der Waals surface area contributed by atoms with Crippen LogP contribution < -0.4 is 5.32 Å². The lowest BCUT2D eigenvalue weighted by atomic mass is 9.88. The van der Waals surface area contributed by atoms with E-state index in [1.807, 2.05) is 36.4 Å². The summed E-state index contributed by atoms with van der Waals surface area (Å²) in [5.41, 5.74) is 2.42. The smallest absolute Gasteiger partial charge is 0.335 e. The average Bonchev–Trinajstić information content (AvgIpc) is 3.26. The summed E-state index contributed by atoms with van der Waals surface area (Å²) in [7, 11) is 0. The number of amides is 1. The Bertz CT molecular complexity index is 687. The molecule has 1 fully saturated rings. The van der Waals surface area contributed by atoms with Gasteiger partial charge in [-0.3, -0.25) is 4.79 Å². The molecule has 1 N–H and O–H groups in total. The highest BCUT2D eigenvalue weighted by atomic mass is 16.6. The van der Waals surface area contributed by atoms with Crippen molar-refractivity contribution in [1.29, 1.82) is 0 Å². The van der Waals surface area contributed by atoms with Gasteiger partial charge in [0.25, 0.3) is 5.91 Å². The molecule has 5 nitrogen and oxygen atoms in total. The second-order valence-corrected chi connectivity index (χ2v) is 6.62. The van der Waals surface area contributed by atoms with Crippen LogP contribution in [0.5, 0.6) is 0 Å². The van der Waals surface area contributed by atoms with Crippen molar-refractivity contribution in [3.8, 4) is 0 Å². The van der Waals surface area contributed by atoms with E-state index >= 15 is 0 Å². The van der Waals surface area contributed by atoms with Crippen molar-refractivity contribution in [2.24, 2.45) is 0 Å². The maximum Gasteiger partial charge on any atom is 0.335 e. The Kier molecular flexibility index (Phi) is 6.99. The van der Waals surface area contributed by atoms with E-state index in [-0.39, 0.29) is 18.4 Å². The van der Waals surface area contributed by atoms with Crippen LogP contribution in [-0.4, -0.2) is 37.7 Å². The van der Waals surface area contributed by atoms with Crippen molar-refractivity contribution >= 4 is 11.9 Å². The molecule has 2 aromatic rings. The van der Waals surface area contributed by atoms with E-state index in [1.165, 1.54) is 11.1 Å². The van der Waals surface area contributed by atoms with E-state index in [2.05, 4.69) is 29.6 Å². The van der Waals surface area contributed by atoms with Crippen LogP contribution in [0, 0.1) is 0 Å². The molecule has 1 amide bonds. The molecule has 0 unspecified atom stereocenters. The Labute approximate surface area is 159 Å². The van der Waals surface area contributed by atoms with Crippen LogP contribution in [0.2, 0.25) is 0 Å². The van der Waals surface area contributed by atoms with Gasteiger partial charge in [-0.1, -0.05) is 60.7 Å². The molecule has 0 aromatic heterocycles. The molecular weight excluding hydrogens is 342 g/mol. The Morgan fingerprint density at radius 3 is 2.22 bits per heavy atom. The van der Waals surface area contributed by atoms with Gasteiger partial charge < -0.3 is 14.8 Å². The van der Waals surface area contributed by atoms with E-state index in [4.69, 9.17) is 9.47 Å². The summed E-state index contributed by atoms with van der Waals surface area (Å²) in [4.78, 5) is 23.8. The summed E-state index contributed by atoms with van der Waals surface area (Å²) in [5.74, 6) is -0.544. The monoisotopic (exact) mass is 367 g/mol. The number of ether oxygens (including phenoxy) is 2. The van der Waals surface area contributed by atoms with E-state index < -0.39 is 12.1 Å². The molecule has 1 aliphatic rings. The molecule has 0 radical (unpaired) electrons. The molecule has 0 aliphatic carbocycles. The van der Waals surface area contributed by atoms with Crippen LogP contribution in [0.3, 0.4) is 0 Å². The largest absolute Gasteiger partial charge is 0.454 e. The van der Waals surface area contributed by atoms with Gasteiger partial charge in [-0.15, -0.1) is 0 Å². The maximum atomic E-state index is 12.0. The van der Waals surface area contributed by atoms with Crippen LogP contribution in [0.1, 0.15) is 36.3 Å². The zero-order valence-corrected chi connectivity index (χ0v) is 15.3. The van der Waals surface area contributed by atoms with Gasteiger partial charge in [0.2, 0.25) is 0 Å². The third-order valence-electron chi connectivity index (χ3n) is 4.70. The first-order valence-corrected chi connectivity index (χ1v) is 9.39. The molecule has 5 heteroatoms. The molecule has 27 heavy (non-hydrogen) atoms. The number of rotatable bonds is 8. The fraction of sp³-hybridized carbons (Fsp3) is 0.364. The standard InChI is InChI=1S/C22H25NO4/c24-21(16-27-22(25)20-12-7-15-26-20)23-14-13-19(17-8-3-1-4-9-17)18-10-5-2-6-11-18/h1-6,8-11,19-20H,7,12-16H2,(H,23,24)/t20-/m1/s1. The first-order valence-electron chi connectivity index (χ1n) is 9.39. The predicted octanol–water partition coefficient (Wildman–Crippen LogP) is 3.05. The zero-order chi connectivity index (χ0) is 18.9. The Morgan fingerprint density at radius 2 is 1.67 bits per heavy atom. The van der Waals surface area contributed by atoms with Crippen molar-refractivity contribution in [1.82, 2.24) is 5.32 Å². The van der Waals surface area contributed by atoms with Gasteiger partial charge in [0.1, 0.15) is 0 Å². The van der Waals surface area contributed by atoms with Crippen LogP contribution in [0.4, 0.5) is 0 Å². The van der Waals surface area contributed by atoms with Gasteiger partial charge in [0.05, 0.1) is 0 Å². The summed E-state index contributed by atoms with van der Waals surface area (Å²) in [6.07, 6.45) is 1.76. The topological polar surface area (TPSA) is 64.6 Å². The molecule has 1 aliphatic heterocycles. The summed E-state index contributed by atoms with van der Waals surface area (Å²) < 4.78 is 10.3. The van der Waals surface area contributed by atoms with Gasteiger partial charge >= 0.3 is 5.97 Å². The summed E-state index contributed by atoms with van der Waals surface area (Å²) in [6.45, 7) is 0.817.